The molecule has 18 heavy (non-hydrogen) atoms. The SMILES string of the molecule is C=C(O)c1c(C)ccc(O)c1C(=C)C.CC.CC. The van der Waals surface area contributed by atoms with E-state index >= 15 is 0 Å². The first kappa shape index (κ1) is 18.7. The van der Waals surface area contributed by atoms with Crippen LogP contribution in [0.25, 0.3) is 11.3 Å². The molecule has 102 valence electrons. The van der Waals surface area contributed by atoms with Gasteiger partial charge in [0.05, 0.1) is 0 Å². The summed E-state index contributed by atoms with van der Waals surface area (Å²) in [7, 11) is 0. The molecule has 0 amide bonds. The zero-order chi connectivity index (χ0) is 14.9. The molecular formula is C16H26O2. The number of hydrogen-bond acceptors (Lipinski definition) is 2. The van der Waals surface area contributed by atoms with Crippen molar-refractivity contribution in [3.05, 3.63) is 42.0 Å². The summed E-state index contributed by atoms with van der Waals surface area (Å²) in [5.74, 6) is 0.0738. The molecule has 0 bridgehead atoms. The van der Waals surface area contributed by atoms with Gasteiger partial charge in [0.25, 0.3) is 0 Å². The second-order valence-electron chi connectivity index (χ2n) is 3.38. The van der Waals surface area contributed by atoms with Crippen molar-refractivity contribution in [2.24, 2.45) is 0 Å². The Bertz CT molecular complexity index is 365. The van der Waals surface area contributed by atoms with E-state index in [2.05, 4.69) is 13.2 Å². The average molecular weight is 250 g/mol. The van der Waals surface area contributed by atoms with E-state index in [1.54, 1.807) is 19.1 Å². The number of benzene rings is 1. The van der Waals surface area contributed by atoms with Crippen molar-refractivity contribution < 1.29 is 10.2 Å². The number of rotatable bonds is 2. The first-order valence-electron chi connectivity index (χ1n) is 6.32. The van der Waals surface area contributed by atoms with Crippen LogP contribution >= 0.6 is 0 Å². The second kappa shape index (κ2) is 9.34. The van der Waals surface area contributed by atoms with Gasteiger partial charge in [-0.05, 0) is 31.1 Å². The summed E-state index contributed by atoms with van der Waals surface area (Å²) in [6.45, 7) is 18.9. The molecule has 0 unspecified atom stereocenters. The van der Waals surface area contributed by atoms with Gasteiger partial charge in [-0.1, -0.05) is 46.9 Å². The molecular weight excluding hydrogens is 224 g/mol. The van der Waals surface area contributed by atoms with Crippen molar-refractivity contribution in [2.75, 3.05) is 0 Å². The van der Waals surface area contributed by atoms with Crippen LogP contribution < -0.4 is 0 Å². The monoisotopic (exact) mass is 250 g/mol. The quantitative estimate of drug-likeness (QED) is 0.698. The smallest absolute Gasteiger partial charge is 0.123 e. The minimum Gasteiger partial charge on any atom is -0.508 e. The van der Waals surface area contributed by atoms with E-state index in [0.29, 0.717) is 16.7 Å². The van der Waals surface area contributed by atoms with Gasteiger partial charge in [-0.3, -0.25) is 0 Å². The molecule has 0 fully saturated rings. The van der Waals surface area contributed by atoms with Crippen LogP contribution in [-0.4, -0.2) is 10.2 Å². The number of aromatic hydroxyl groups is 1. The average Bonchev–Trinajstić information content (AvgIpc) is 2.36. The fourth-order valence-corrected chi connectivity index (χ4v) is 1.50. The Morgan fingerprint density at radius 2 is 1.44 bits per heavy atom. The number of allylic oxidation sites excluding steroid dienone is 1. The first-order valence-corrected chi connectivity index (χ1v) is 6.32. The van der Waals surface area contributed by atoms with Gasteiger partial charge in [0.1, 0.15) is 11.5 Å². The highest BCUT2D eigenvalue weighted by molar-refractivity contribution is 5.79. The van der Waals surface area contributed by atoms with Crippen LogP contribution in [0.5, 0.6) is 5.75 Å². The third-order valence-corrected chi connectivity index (χ3v) is 2.11. The Kier molecular flexibility index (Phi) is 9.68. The van der Waals surface area contributed by atoms with Gasteiger partial charge >= 0.3 is 0 Å². The lowest BCUT2D eigenvalue weighted by Crippen LogP contribution is -1.94. The molecule has 0 saturated heterocycles. The van der Waals surface area contributed by atoms with Crippen molar-refractivity contribution in [1.29, 1.82) is 0 Å². The summed E-state index contributed by atoms with van der Waals surface area (Å²) in [4.78, 5) is 0. The van der Waals surface area contributed by atoms with Gasteiger partial charge in [0.15, 0.2) is 0 Å². The molecule has 0 saturated carbocycles. The topological polar surface area (TPSA) is 40.5 Å². The largest absolute Gasteiger partial charge is 0.508 e. The Labute approximate surface area is 111 Å². The summed E-state index contributed by atoms with van der Waals surface area (Å²) in [6, 6.07) is 3.32. The molecule has 1 aromatic carbocycles. The van der Waals surface area contributed by atoms with Crippen molar-refractivity contribution in [3.8, 4) is 5.75 Å². The van der Waals surface area contributed by atoms with Crippen LogP contribution in [-0.2, 0) is 0 Å². The van der Waals surface area contributed by atoms with Crippen LogP contribution in [0.15, 0.2) is 25.3 Å². The highest BCUT2D eigenvalue weighted by atomic mass is 16.3. The van der Waals surface area contributed by atoms with Crippen molar-refractivity contribution >= 4 is 11.3 Å². The summed E-state index contributed by atoms with van der Waals surface area (Å²) < 4.78 is 0. The molecule has 0 spiro atoms. The predicted molar refractivity (Wildman–Crippen MR) is 81.9 cm³/mol. The van der Waals surface area contributed by atoms with Gasteiger partial charge in [0.2, 0.25) is 0 Å². The van der Waals surface area contributed by atoms with E-state index in [1.165, 1.54) is 0 Å². The van der Waals surface area contributed by atoms with E-state index in [4.69, 9.17) is 0 Å². The second-order valence-corrected chi connectivity index (χ2v) is 3.38. The van der Waals surface area contributed by atoms with E-state index in [0.717, 1.165) is 5.56 Å². The molecule has 0 aromatic heterocycles. The Morgan fingerprint density at radius 3 is 1.72 bits per heavy atom. The maximum Gasteiger partial charge on any atom is 0.123 e. The third kappa shape index (κ3) is 4.66. The Balaban J connectivity index is 0. The molecule has 1 rings (SSSR count). The normalized spacial score (nSPS) is 8.33. The van der Waals surface area contributed by atoms with Crippen molar-refractivity contribution in [3.63, 3.8) is 0 Å². The molecule has 2 heteroatoms. The lowest BCUT2D eigenvalue weighted by atomic mass is 9.95. The predicted octanol–water partition coefficient (Wildman–Crippen LogP) is 5.31. The number of aryl methyl sites for hydroxylation is 1. The number of hydrogen-bond donors (Lipinski definition) is 2. The highest BCUT2D eigenvalue weighted by Gasteiger charge is 2.13. The van der Waals surface area contributed by atoms with Crippen LogP contribution in [0.4, 0.5) is 0 Å². The van der Waals surface area contributed by atoms with Crippen LogP contribution in [0.2, 0.25) is 0 Å². The zero-order valence-electron chi connectivity index (χ0n) is 12.5. The molecule has 0 aliphatic carbocycles. The van der Waals surface area contributed by atoms with Crippen molar-refractivity contribution in [2.45, 2.75) is 41.5 Å². The molecule has 0 atom stereocenters. The maximum atomic E-state index is 9.62. The molecule has 0 aliphatic rings. The van der Waals surface area contributed by atoms with E-state index in [9.17, 15) is 10.2 Å². The van der Waals surface area contributed by atoms with Gasteiger partial charge in [-0.15, -0.1) is 0 Å². The third-order valence-electron chi connectivity index (χ3n) is 2.11. The maximum absolute atomic E-state index is 9.62. The van der Waals surface area contributed by atoms with Gasteiger partial charge in [0, 0.05) is 11.1 Å². The van der Waals surface area contributed by atoms with Crippen molar-refractivity contribution in [1.82, 2.24) is 0 Å². The number of phenolic OH excluding ortho intramolecular Hbond substituents is 1. The molecule has 2 nitrogen and oxygen atoms in total. The minimum atomic E-state index is -0.0450. The lowest BCUT2D eigenvalue weighted by molar-refractivity contribution is 0.470. The van der Waals surface area contributed by atoms with Gasteiger partial charge < -0.3 is 10.2 Å². The lowest BCUT2D eigenvalue weighted by Gasteiger charge is -2.12. The fourth-order valence-electron chi connectivity index (χ4n) is 1.50. The first-order chi connectivity index (χ1) is 8.45. The van der Waals surface area contributed by atoms with Gasteiger partial charge in [-0.25, -0.2) is 0 Å². The Hall–Kier alpha value is -1.70. The number of aliphatic hydroxyl groups is 1. The fraction of sp³-hybridized carbons (Fsp3) is 0.375. The summed E-state index contributed by atoms with van der Waals surface area (Å²) in [5, 5.41) is 19.0. The molecule has 0 radical (unpaired) electrons. The Morgan fingerprint density at radius 1 is 1.00 bits per heavy atom. The molecule has 0 aliphatic heterocycles. The van der Waals surface area contributed by atoms with Crippen LogP contribution in [0.3, 0.4) is 0 Å². The summed E-state index contributed by atoms with van der Waals surface area (Å²) in [5.41, 5.74) is 2.71. The minimum absolute atomic E-state index is 0.0450. The molecule has 0 heterocycles. The molecule has 1 aromatic rings. The van der Waals surface area contributed by atoms with E-state index in [1.807, 2.05) is 34.6 Å². The summed E-state index contributed by atoms with van der Waals surface area (Å²) >= 11 is 0. The number of aliphatic hydroxyl groups excluding tert-OH is 1. The van der Waals surface area contributed by atoms with Crippen LogP contribution in [0.1, 0.15) is 51.3 Å². The van der Waals surface area contributed by atoms with E-state index in [-0.39, 0.29) is 11.5 Å². The van der Waals surface area contributed by atoms with Crippen LogP contribution in [0, 0.1) is 6.92 Å². The van der Waals surface area contributed by atoms with Gasteiger partial charge in [-0.2, -0.15) is 0 Å². The summed E-state index contributed by atoms with van der Waals surface area (Å²) in [6.07, 6.45) is 0. The standard InChI is InChI=1S/C12H14O2.2C2H6/c1-7(2)11-10(14)6-5-8(3)12(11)9(4)13;2*1-2/h5-6,13-14H,1,4H2,2-3H3;2*1-2H3. The number of phenols is 1. The zero-order valence-corrected chi connectivity index (χ0v) is 12.5. The molecule has 2 N–H and O–H groups in total. The van der Waals surface area contributed by atoms with E-state index < -0.39 is 0 Å². The highest BCUT2D eigenvalue weighted by Crippen LogP contribution is 2.32.